The lowest BCUT2D eigenvalue weighted by Crippen LogP contribution is -2.11. The van der Waals surface area contributed by atoms with Crippen LogP contribution in [0, 0.1) is 12.3 Å². The minimum Gasteiger partial charge on any atom is -0.501 e. The van der Waals surface area contributed by atoms with Gasteiger partial charge in [-0.3, -0.25) is 0 Å². The van der Waals surface area contributed by atoms with Crippen molar-refractivity contribution in [2.45, 2.75) is 45.4 Å². The molecule has 1 heteroatoms. The van der Waals surface area contributed by atoms with Crippen LogP contribution in [0.25, 0.3) is 0 Å². The van der Waals surface area contributed by atoms with Gasteiger partial charge in [-0.15, -0.1) is 0 Å². The molecule has 75 valence electrons. The molecule has 0 aromatic heterocycles. The van der Waals surface area contributed by atoms with Gasteiger partial charge >= 0.3 is 0 Å². The Morgan fingerprint density at radius 2 is 2.15 bits per heavy atom. The number of unbranched alkanes of at least 4 members (excludes halogenated alkanes) is 1. The highest BCUT2D eigenvalue weighted by molar-refractivity contribution is 4.78. The first-order valence-corrected chi connectivity index (χ1v) is 5.51. The zero-order chi connectivity index (χ0) is 9.36. The first-order valence-electron chi connectivity index (χ1n) is 5.51. The van der Waals surface area contributed by atoms with Crippen LogP contribution >= 0.6 is 0 Å². The van der Waals surface area contributed by atoms with Crippen molar-refractivity contribution in [3.05, 3.63) is 18.8 Å². The van der Waals surface area contributed by atoms with E-state index in [9.17, 15) is 0 Å². The molecule has 1 aliphatic carbocycles. The average molecular weight is 181 g/mol. The van der Waals surface area contributed by atoms with Crippen LogP contribution in [-0.2, 0) is 4.74 Å². The monoisotopic (exact) mass is 181 g/mol. The molecule has 1 aliphatic rings. The van der Waals surface area contributed by atoms with Gasteiger partial charge in [-0.2, -0.15) is 0 Å². The van der Waals surface area contributed by atoms with E-state index in [4.69, 9.17) is 4.74 Å². The summed E-state index contributed by atoms with van der Waals surface area (Å²) in [6, 6.07) is 0. The first kappa shape index (κ1) is 10.6. The van der Waals surface area contributed by atoms with E-state index in [0.29, 0.717) is 0 Å². The molecule has 0 aromatic rings. The predicted octanol–water partition coefficient (Wildman–Crippen LogP) is 3.71. The average Bonchev–Trinajstić information content (AvgIpc) is 2.19. The van der Waals surface area contributed by atoms with E-state index < -0.39 is 0 Å². The predicted molar refractivity (Wildman–Crippen MR) is 56.3 cm³/mol. The van der Waals surface area contributed by atoms with Crippen LogP contribution in [0.4, 0.5) is 0 Å². The Labute approximate surface area is 82.2 Å². The number of allylic oxidation sites excluding steroid dienone is 1. The Hall–Kier alpha value is -0.460. The van der Waals surface area contributed by atoms with Gasteiger partial charge in [-0.1, -0.05) is 13.3 Å². The van der Waals surface area contributed by atoms with Crippen molar-refractivity contribution in [3.8, 4) is 0 Å². The molecule has 1 saturated carbocycles. The van der Waals surface area contributed by atoms with Crippen molar-refractivity contribution >= 4 is 0 Å². The topological polar surface area (TPSA) is 9.23 Å². The standard InChI is InChI=1S/C12H21O/c1-2-3-7-10-13-11-12-8-5-4-6-9-12/h4,7,10,12H,2-3,5-6,8-9,11H2,1H3. The van der Waals surface area contributed by atoms with Crippen LogP contribution in [0.2, 0.25) is 0 Å². The summed E-state index contributed by atoms with van der Waals surface area (Å²) in [6.45, 7) is 3.11. The van der Waals surface area contributed by atoms with Gasteiger partial charge in [0, 0.05) is 0 Å². The summed E-state index contributed by atoms with van der Waals surface area (Å²) in [7, 11) is 0. The summed E-state index contributed by atoms with van der Waals surface area (Å²) >= 11 is 0. The maximum atomic E-state index is 5.48. The first-order chi connectivity index (χ1) is 6.43. The molecule has 0 aliphatic heterocycles. The van der Waals surface area contributed by atoms with Crippen LogP contribution in [0.1, 0.15) is 45.4 Å². The summed E-state index contributed by atoms with van der Waals surface area (Å²) in [5.74, 6) is 0.802. The summed E-state index contributed by atoms with van der Waals surface area (Å²) in [5, 5.41) is 0. The number of hydrogen-bond donors (Lipinski definition) is 0. The van der Waals surface area contributed by atoms with Gasteiger partial charge in [-0.25, -0.2) is 0 Å². The second-order valence-electron chi connectivity index (χ2n) is 3.80. The van der Waals surface area contributed by atoms with E-state index in [1.165, 1.54) is 32.1 Å². The number of hydrogen-bond acceptors (Lipinski definition) is 1. The highest BCUT2D eigenvalue weighted by Crippen LogP contribution is 2.22. The van der Waals surface area contributed by atoms with E-state index in [-0.39, 0.29) is 0 Å². The molecule has 1 fully saturated rings. The van der Waals surface area contributed by atoms with Gasteiger partial charge < -0.3 is 4.74 Å². The van der Waals surface area contributed by atoms with Crippen molar-refractivity contribution in [2.75, 3.05) is 6.61 Å². The smallest absolute Gasteiger partial charge is 0.0901 e. The fourth-order valence-corrected chi connectivity index (χ4v) is 1.66. The van der Waals surface area contributed by atoms with E-state index in [2.05, 4.69) is 19.4 Å². The second kappa shape index (κ2) is 6.99. The SMILES string of the molecule is CCCC=COCC1CC[CH]CC1. The van der Waals surface area contributed by atoms with Crippen molar-refractivity contribution in [2.24, 2.45) is 5.92 Å². The van der Waals surface area contributed by atoms with E-state index in [1.807, 2.05) is 6.26 Å². The van der Waals surface area contributed by atoms with Crippen molar-refractivity contribution in [1.82, 2.24) is 0 Å². The minimum atomic E-state index is 0.802. The van der Waals surface area contributed by atoms with Gasteiger partial charge in [0.05, 0.1) is 12.9 Å². The van der Waals surface area contributed by atoms with Crippen LogP contribution in [0.5, 0.6) is 0 Å². The summed E-state index contributed by atoms with van der Waals surface area (Å²) in [6.07, 6.45) is 13.9. The zero-order valence-corrected chi connectivity index (χ0v) is 8.67. The fraction of sp³-hybridized carbons (Fsp3) is 0.750. The lowest BCUT2D eigenvalue weighted by molar-refractivity contribution is 0.173. The van der Waals surface area contributed by atoms with Crippen LogP contribution in [0.15, 0.2) is 12.3 Å². The zero-order valence-electron chi connectivity index (χ0n) is 8.67. The summed E-state index contributed by atoms with van der Waals surface area (Å²) < 4.78 is 5.48. The number of rotatable bonds is 5. The van der Waals surface area contributed by atoms with Gasteiger partial charge in [0.1, 0.15) is 0 Å². The van der Waals surface area contributed by atoms with E-state index in [0.717, 1.165) is 18.9 Å². The Kier molecular flexibility index (Phi) is 5.71. The normalized spacial score (nSPS) is 19.5. The van der Waals surface area contributed by atoms with Gasteiger partial charge in [-0.05, 0) is 50.5 Å². The van der Waals surface area contributed by atoms with Gasteiger partial charge in [0.2, 0.25) is 0 Å². The molecule has 1 nitrogen and oxygen atoms in total. The maximum Gasteiger partial charge on any atom is 0.0901 e. The molecule has 1 rings (SSSR count). The second-order valence-corrected chi connectivity index (χ2v) is 3.80. The maximum absolute atomic E-state index is 5.48. The van der Waals surface area contributed by atoms with Gasteiger partial charge in [0.25, 0.3) is 0 Å². The molecule has 0 bridgehead atoms. The molecule has 0 atom stereocenters. The Morgan fingerprint density at radius 3 is 2.85 bits per heavy atom. The number of ether oxygens (including phenoxy) is 1. The van der Waals surface area contributed by atoms with Gasteiger partial charge in [0.15, 0.2) is 0 Å². The third kappa shape index (κ3) is 4.97. The van der Waals surface area contributed by atoms with E-state index in [1.54, 1.807) is 0 Å². The molecule has 1 radical (unpaired) electrons. The van der Waals surface area contributed by atoms with Crippen molar-refractivity contribution in [1.29, 1.82) is 0 Å². The van der Waals surface area contributed by atoms with Crippen LogP contribution in [-0.4, -0.2) is 6.61 Å². The molecule has 0 unspecified atom stereocenters. The molecular weight excluding hydrogens is 160 g/mol. The van der Waals surface area contributed by atoms with E-state index >= 15 is 0 Å². The summed E-state index contributed by atoms with van der Waals surface area (Å²) in [4.78, 5) is 0. The Balaban J connectivity index is 1.97. The van der Waals surface area contributed by atoms with Crippen molar-refractivity contribution < 1.29 is 4.74 Å². The molecule has 0 amide bonds. The molecule has 13 heavy (non-hydrogen) atoms. The Morgan fingerprint density at radius 1 is 1.38 bits per heavy atom. The minimum absolute atomic E-state index is 0.802. The molecule has 0 saturated heterocycles. The third-order valence-electron chi connectivity index (χ3n) is 2.54. The molecule has 0 aromatic carbocycles. The van der Waals surface area contributed by atoms with Crippen molar-refractivity contribution in [3.63, 3.8) is 0 Å². The molecular formula is C12H21O. The fourth-order valence-electron chi connectivity index (χ4n) is 1.66. The lowest BCUT2D eigenvalue weighted by Gasteiger charge is -2.20. The largest absolute Gasteiger partial charge is 0.501 e. The highest BCUT2D eigenvalue weighted by atomic mass is 16.5. The molecule has 0 N–H and O–H groups in total. The lowest BCUT2D eigenvalue weighted by atomic mass is 9.90. The van der Waals surface area contributed by atoms with Crippen LogP contribution in [0.3, 0.4) is 0 Å². The Bertz CT molecular complexity index is 134. The quantitative estimate of drug-likeness (QED) is 0.587. The van der Waals surface area contributed by atoms with Crippen LogP contribution < -0.4 is 0 Å². The molecule has 0 spiro atoms. The highest BCUT2D eigenvalue weighted by Gasteiger charge is 2.12. The third-order valence-corrected chi connectivity index (χ3v) is 2.54. The molecule has 0 heterocycles. The summed E-state index contributed by atoms with van der Waals surface area (Å²) in [5.41, 5.74) is 0.